The Morgan fingerprint density at radius 1 is 1.19 bits per heavy atom. The van der Waals surface area contributed by atoms with E-state index in [0.717, 1.165) is 13.0 Å². The summed E-state index contributed by atoms with van der Waals surface area (Å²) in [6.45, 7) is 1.31. The van der Waals surface area contributed by atoms with Crippen molar-refractivity contribution in [3.8, 4) is 11.5 Å². The van der Waals surface area contributed by atoms with Crippen molar-refractivity contribution in [3.05, 3.63) is 59.7 Å². The minimum Gasteiger partial charge on any atom is -0.497 e. The molecule has 0 saturated carbocycles. The van der Waals surface area contributed by atoms with Crippen LogP contribution in [0.25, 0.3) is 0 Å². The number of benzene rings is 2. The molecule has 1 aliphatic heterocycles. The highest BCUT2D eigenvalue weighted by Gasteiger charge is 2.29. The number of methoxy groups -OCH3 is 1. The molecule has 0 bridgehead atoms. The first kappa shape index (κ1) is 22.8. The molecule has 0 radical (unpaired) electrons. The molecule has 2 unspecified atom stereocenters. The maximum atomic E-state index is 12.7. The second-order valence-corrected chi connectivity index (χ2v) is 7.18. The second kappa shape index (κ2) is 11.5. The molecule has 1 heterocycles. The van der Waals surface area contributed by atoms with Crippen molar-refractivity contribution in [2.45, 2.75) is 32.6 Å². The van der Waals surface area contributed by atoms with E-state index in [4.69, 9.17) is 9.47 Å². The molecule has 2 N–H and O–H groups in total. The van der Waals surface area contributed by atoms with Gasteiger partial charge in [0.1, 0.15) is 11.5 Å². The Hall–Kier alpha value is -2.87. The molecule has 0 amide bonds. The van der Waals surface area contributed by atoms with Crippen LogP contribution in [0.4, 0.5) is 8.78 Å². The van der Waals surface area contributed by atoms with Crippen LogP contribution in [0.2, 0.25) is 0 Å². The number of rotatable bonds is 9. The normalized spacial score (nSPS) is 18.8. The van der Waals surface area contributed by atoms with Gasteiger partial charge in [-0.2, -0.15) is 8.78 Å². The minimum absolute atomic E-state index is 0.0426. The lowest BCUT2D eigenvalue weighted by Crippen LogP contribution is -2.40. The summed E-state index contributed by atoms with van der Waals surface area (Å²) in [5.41, 5.74) is 1.68. The molecule has 1 fully saturated rings. The van der Waals surface area contributed by atoms with Crippen molar-refractivity contribution in [3.63, 3.8) is 0 Å². The Bertz CT molecular complexity index is 849. The summed E-state index contributed by atoms with van der Waals surface area (Å²) in [7, 11) is 1.52. The van der Waals surface area contributed by atoms with Crippen molar-refractivity contribution >= 4 is 5.96 Å². The molecule has 8 heteroatoms. The van der Waals surface area contributed by atoms with E-state index in [1.165, 1.54) is 18.7 Å². The molecule has 1 aliphatic rings. The molecule has 6 nitrogen and oxygen atoms in total. The third-order valence-electron chi connectivity index (χ3n) is 5.11. The highest BCUT2D eigenvalue weighted by Crippen LogP contribution is 2.34. The minimum atomic E-state index is -2.90. The molecule has 2 aromatic rings. The van der Waals surface area contributed by atoms with Gasteiger partial charge in [0, 0.05) is 31.2 Å². The largest absolute Gasteiger partial charge is 0.497 e. The van der Waals surface area contributed by atoms with Crippen LogP contribution >= 0.6 is 0 Å². The quantitative estimate of drug-likeness (QED) is 0.460. The van der Waals surface area contributed by atoms with E-state index in [2.05, 4.69) is 32.5 Å². The summed E-state index contributed by atoms with van der Waals surface area (Å²) in [5.74, 6) is 1.55. The first-order chi connectivity index (χ1) is 15.1. The van der Waals surface area contributed by atoms with E-state index < -0.39 is 6.61 Å². The molecular weight excluding hydrogens is 404 g/mol. The fourth-order valence-electron chi connectivity index (χ4n) is 3.61. The zero-order chi connectivity index (χ0) is 22.1. The van der Waals surface area contributed by atoms with Crippen molar-refractivity contribution < 1.29 is 23.0 Å². The number of ether oxygens (including phenoxy) is 3. The Balaban J connectivity index is 1.68. The SMILES string of the molecule is CCNC(=NCc1cc(OC)ccc1OC(F)F)NCC1CCOC1c1ccccc1. The molecule has 31 heavy (non-hydrogen) atoms. The lowest BCUT2D eigenvalue weighted by Gasteiger charge is -2.21. The third-order valence-corrected chi connectivity index (χ3v) is 5.11. The number of hydrogen-bond donors (Lipinski definition) is 2. The van der Waals surface area contributed by atoms with Crippen LogP contribution in [-0.2, 0) is 11.3 Å². The van der Waals surface area contributed by atoms with Crippen molar-refractivity contribution in [2.24, 2.45) is 10.9 Å². The molecule has 0 aliphatic carbocycles. The Labute approximate surface area is 181 Å². The van der Waals surface area contributed by atoms with Gasteiger partial charge in [-0.05, 0) is 37.1 Å². The summed E-state index contributed by atoms with van der Waals surface area (Å²) in [6, 6.07) is 14.9. The van der Waals surface area contributed by atoms with Gasteiger partial charge in [0.25, 0.3) is 0 Å². The summed E-state index contributed by atoms with van der Waals surface area (Å²) in [6.07, 6.45) is 0.995. The lowest BCUT2D eigenvalue weighted by molar-refractivity contribution is -0.0504. The molecule has 1 saturated heterocycles. The Kier molecular flexibility index (Phi) is 8.46. The van der Waals surface area contributed by atoms with Crippen molar-refractivity contribution in [1.82, 2.24) is 10.6 Å². The van der Waals surface area contributed by atoms with Gasteiger partial charge >= 0.3 is 6.61 Å². The first-order valence-electron chi connectivity index (χ1n) is 10.4. The van der Waals surface area contributed by atoms with Crippen molar-refractivity contribution in [1.29, 1.82) is 0 Å². The lowest BCUT2D eigenvalue weighted by atomic mass is 9.95. The second-order valence-electron chi connectivity index (χ2n) is 7.18. The summed E-state index contributed by atoms with van der Waals surface area (Å²) in [5, 5.41) is 6.56. The highest BCUT2D eigenvalue weighted by atomic mass is 19.3. The van der Waals surface area contributed by atoms with Crippen LogP contribution in [0.5, 0.6) is 11.5 Å². The average molecular weight is 433 g/mol. The predicted octanol–water partition coefficient (Wildman–Crippen LogP) is 4.13. The van der Waals surface area contributed by atoms with Gasteiger partial charge in [0.2, 0.25) is 0 Å². The van der Waals surface area contributed by atoms with Crippen LogP contribution in [0.3, 0.4) is 0 Å². The molecule has 0 spiro atoms. The summed E-state index contributed by atoms with van der Waals surface area (Å²) < 4.78 is 41.3. The van der Waals surface area contributed by atoms with Gasteiger partial charge in [0.05, 0.1) is 19.8 Å². The molecule has 168 valence electrons. The van der Waals surface area contributed by atoms with Gasteiger partial charge in [-0.3, -0.25) is 0 Å². The molecule has 3 rings (SSSR count). The van der Waals surface area contributed by atoms with E-state index in [9.17, 15) is 8.78 Å². The average Bonchev–Trinajstić information content (AvgIpc) is 3.25. The number of halogens is 2. The molecule has 0 aromatic heterocycles. The predicted molar refractivity (Wildman–Crippen MR) is 116 cm³/mol. The zero-order valence-electron chi connectivity index (χ0n) is 17.8. The van der Waals surface area contributed by atoms with E-state index in [-0.39, 0.29) is 18.4 Å². The monoisotopic (exact) mass is 433 g/mol. The van der Waals surface area contributed by atoms with E-state index in [1.54, 1.807) is 12.1 Å². The van der Waals surface area contributed by atoms with Crippen LogP contribution in [0.15, 0.2) is 53.5 Å². The zero-order valence-corrected chi connectivity index (χ0v) is 17.8. The van der Waals surface area contributed by atoms with E-state index in [0.29, 0.717) is 36.3 Å². The number of aliphatic imine (C=N–C) groups is 1. The molecule has 2 atom stereocenters. The third kappa shape index (κ3) is 6.55. The Morgan fingerprint density at radius 2 is 2.00 bits per heavy atom. The van der Waals surface area contributed by atoms with Gasteiger partial charge < -0.3 is 24.8 Å². The van der Waals surface area contributed by atoms with Crippen molar-refractivity contribution in [2.75, 3.05) is 26.8 Å². The van der Waals surface area contributed by atoms with Gasteiger partial charge in [-0.1, -0.05) is 30.3 Å². The number of alkyl halides is 2. The molecular formula is C23H29F2N3O3. The maximum Gasteiger partial charge on any atom is 0.387 e. The number of guanidine groups is 1. The van der Waals surface area contributed by atoms with Crippen LogP contribution in [-0.4, -0.2) is 39.4 Å². The smallest absolute Gasteiger partial charge is 0.387 e. The first-order valence-corrected chi connectivity index (χ1v) is 10.4. The van der Waals surface area contributed by atoms with E-state index in [1.807, 2.05) is 25.1 Å². The Morgan fingerprint density at radius 3 is 2.71 bits per heavy atom. The number of nitrogens with zero attached hydrogens (tertiary/aromatic N) is 1. The standard InChI is InChI=1S/C23H29F2N3O3/c1-3-26-23(27-14-17-11-12-30-21(17)16-7-5-4-6-8-16)28-15-18-13-19(29-2)9-10-20(18)31-22(24)25/h4-10,13,17,21-22H,3,11-12,14-15H2,1-2H3,(H2,26,27,28). The number of nitrogens with one attached hydrogen (secondary N) is 2. The topological polar surface area (TPSA) is 64.1 Å². The van der Waals surface area contributed by atoms with Gasteiger partial charge in [0.15, 0.2) is 5.96 Å². The van der Waals surface area contributed by atoms with E-state index >= 15 is 0 Å². The molecule has 2 aromatic carbocycles. The summed E-state index contributed by atoms with van der Waals surface area (Å²) in [4.78, 5) is 4.56. The highest BCUT2D eigenvalue weighted by molar-refractivity contribution is 5.79. The summed E-state index contributed by atoms with van der Waals surface area (Å²) >= 11 is 0. The number of hydrogen-bond acceptors (Lipinski definition) is 4. The van der Waals surface area contributed by atoms with Crippen LogP contribution in [0.1, 0.15) is 30.6 Å². The van der Waals surface area contributed by atoms with Gasteiger partial charge in [-0.25, -0.2) is 4.99 Å². The van der Waals surface area contributed by atoms with Crippen LogP contribution < -0.4 is 20.1 Å². The van der Waals surface area contributed by atoms with Gasteiger partial charge in [-0.15, -0.1) is 0 Å². The fraction of sp³-hybridized carbons (Fsp3) is 0.435. The fourth-order valence-corrected chi connectivity index (χ4v) is 3.61. The van der Waals surface area contributed by atoms with Crippen LogP contribution in [0, 0.1) is 5.92 Å². The maximum absolute atomic E-state index is 12.7.